The molecule has 0 bridgehead atoms. The lowest BCUT2D eigenvalue weighted by atomic mass is 10.1. The van der Waals surface area contributed by atoms with Crippen molar-refractivity contribution in [2.45, 2.75) is 39.8 Å². The second-order valence-electron chi connectivity index (χ2n) is 4.73. The van der Waals surface area contributed by atoms with E-state index >= 15 is 0 Å². The lowest BCUT2D eigenvalue weighted by Gasteiger charge is -2.19. The van der Waals surface area contributed by atoms with Gasteiger partial charge in [-0.25, -0.2) is 0 Å². The maximum absolute atomic E-state index is 4.39. The summed E-state index contributed by atoms with van der Waals surface area (Å²) in [5.74, 6) is 0. The summed E-state index contributed by atoms with van der Waals surface area (Å²) in [6.45, 7) is 8.73. The van der Waals surface area contributed by atoms with E-state index in [-0.39, 0.29) is 6.04 Å². The number of pyridine rings is 1. The van der Waals surface area contributed by atoms with E-state index in [0.717, 1.165) is 5.69 Å². The number of aromatic nitrogens is 1. The van der Waals surface area contributed by atoms with Gasteiger partial charge in [0.05, 0.1) is 5.69 Å². The van der Waals surface area contributed by atoms with Gasteiger partial charge in [0.1, 0.15) is 0 Å². The zero-order valence-electron chi connectivity index (χ0n) is 11.4. The average molecular weight is 260 g/mol. The highest BCUT2D eigenvalue weighted by molar-refractivity contribution is 7.12. The topological polar surface area (TPSA) is 24.9 Å². The smallest absolute Gasteiger partial charge is 0.0570 e. The third-order valence-corrected chi connectivity index (χ3v) is 4.16. The van der Waals surface area contributed by atoms with E-state index in [0.29, 0.717) is 6.04 Å². The third-order valence-electron chi connectivity index (χ3n) is 3.18. The number of hydrogen-bond acceptors (Lipinski definition) is 3. The van der Waals surface area contributed by atoms with Crippen LogP contribution in [0, 0.1) is 13.8 Å². The van der Waals surface area contributed by atoms with Gasteiger partial charge in [0.2, 0.25) is 0 Å². The number of rotatable bonds is 4. The fourth-order valence-corrected chi connectivity index (χ4v) is 3.29. The molecule has 18 heavy (non-hydrogen) atoms. The van der Waals surface area contributed by atoms with Crippen LogP contribution in [0.1, 0.15) is 46.9 Å². The van der Waals surface area contributed by atoms with Crippen molar-refractivity contribution in [1.82, 2.24) is 10.3 Å². The minimum Gasteiger partial charge on any atom is -0.302 e. The van der Waals surface area contributed by atoms with E-state index in [1.165, 1.54) is 15.3 Å². The van der Waals surface area contributed by atoms with Gasteiger partial charge in [-0.2, -0.15) is 0 Å². The summed E-state index contributed by atoms with van der Waals surface area (Å²) in [6, 6.07) is 8.95. The molecule has 0 aliphatic rings. The molecule has 2 heterocycles. The van der Waals surface area contributed by atoms with Gasteiger partial charge < -0.3 is 5.32 Å². The minimum atomic E-state index is 0.265. The Kier molecular flexibility index (Phi) is 4.15. The second kappa shape index (κ2) is 5.63. The zero-order chi connectivity index (χ0) is 13.1. The van der Waals surface area contributed by atoms with Crippen molar-refractivity contribution in [3.63, 3.8) is 0 Å². The number of nitrogens with one attached hydrogen (secondary N) is 1. The van der Waals surface area contributed by atoms with Crippen molar-refractivity contribution < 1.29 is 0 Å². The Labute approximate surface area is 113 Å². The molecule has 1 N–H and O–H groups in total. The predicted octanol–water partition coefficient (Wildman–Crippen LogP) is 4.17. The van der Waals surface area contributed by atoms with Gasteiger partial charge in [-0.15, -0.1) is 11.3 Å². The van der Waals surface area contributed by atoms with Gasteiger partial charge in [0, 0.05) is 28.0 Å². The first-order chi connectivity index (χ1) is 8.58. The molecule has 2 aromatic heterocycles. The first kappa shape index (κ1) is 13.2. The van der Waals surface area contributed by atoms with Crippen LogP contribution in [0.15, 0.2) is 30.5 Å². The zero-order valence-corrected chi connectivity index (χ0v) is 12.2. The fourth-order valence-electron chi connectivity index (χ4n) is 2.26. The first-order valence-corrected chi connectivity index (χ1v) is 7.13. The quantitative estimate of drug-likeness (QED) is 0.892. The molecule has 0 aromatic carbocycles. The van der Waals surface area contributed by atoms with E-state index in [2.05, 4.69) is 50.1 Å². The Morgan fingerprint density at radius 3 is 2.50 bits per heavy atom. The SMILES string of the molecule is Cc1cc(C(C)N[C@@H](C)c2ccccn2)c(C)s1. The van der Waals surface area contributed by atoms with Crippen LogP contribution in [0.25, 0.3) is 0 Å². The maximum Gasteiger partial charge on any atom is 0.0570 e. The lowest BCUT2D eigenvalue weighted by Crippen LogP contribution is -2.23. The van der Waals surface area contributed by atoms with E-state index in [1.807, 2.05) is 29.7 Å². The minimum absolute atomic E-state index is 0.265. The molecule has 0 fully saturated rings. The number of hydrogen-bond donors (Lipinski definition) is 1. The fraction of sp³-hybridized carbons (Fsp3) is 0.400. The van der Waals surface area contributed by atoms with Crippen molar-refractivity contribution in [3.8, 4) is 0 Å². The summed E-state index contributed by atoms with van der Waals surface area (Å²) in [5, 5.41) is 3.61. The molecule has 2 rings (SSSR count). The predicted molar refractivity (Wildman–Crippen MR) is 78.0 cm³/mol. The standard InChI is InChI=1S/C15H20N2S/c1-10-9-14(13(4)18-10)11(2)17-12(3)15-7-5-6-8-16-15/h5-9,11-12,17H,1-4H3/t11?,12-/m0/s1. The van der Waals surface area contributed by atoms with Crippen LogP contribution < -0.4 is 5.32 Å². The Morgan fingerprint density at radius 2 is 1.94 bits per heavy atom. The number of nitrogens with zero attached hydrogens (tertiary/aromatic N) is 1. The summed E-state index contributed by atoms with van der Waals surface area (Å²) in [4.78, 5) is 7.17. The molecular weight excluding hydrogens is 240 g/mol. The molecule has 1 unspecified atom stereocenters. The van der Waals surface area contributed by atoms with Gasteiger partial charge in [-0.3, -0.25) is 4.98 Å². The Balaban J connectivity index is 2.08. The summed E-state index contributed by atoms with van der Waals surface area (Å²) < 4.78 is 0. The third kappa shape index (κ3) is 2.98. The number of aryl methyl sites for hydroxylation is 2. The molecule has 0 saturated carbocycles. The normalized spacial score (nSPS) is 14.4. The highest BCUT2D eigenvalue weighted by atomic mass is 32.1. The molecule has 0 amide bonds. The van der Waals surface area contributed by atoms with Crippen molar-refractivity contribution in [1.29, 1.82) is 0 Å². The summed E-state index contributed by atoms with van der Waals surface area (Å²) >= 11 is 1.86. The maximum atomic E-state index is 4.39. The highest BCUT2D eigenvalue weighted by Gasteiger charge is 2.14. The van der Waals surface area contributed by atoms with Crippen LogP contribution in [-0.2, 0) is 0 Å². The Hall–Kier alpha value is -1.19. The van der Waals surface area contributed by atoms with Crippen LogP contribution >= 0.6 is 11.3 Å². The van der Waals surface area contributed by atoms with Crippen molar-refractivity contribution >= 4 is 11.3 Å². The van der Waals surface area contributed by atoms with Crippen molar-refractivity contribution in [2.24, 2.45) is 0 Å². The summed E-state index contributed by atoms with van der Waals surface area (Å²) in [5.41, 5.74) is 2.49. The number of thiophene rings is 1. The van der Waals surface area contributed by atoms with Crippen molar-refractivity contribution in [2.75, 3.05) is 0 Å². The molecule has 2 aromatic rings. The van der Waals surface area contributed by atoms with Crippen LogP contribution in [0.5, 0.6) is 0 Å². The van der Waals surface area contributed by atoms with Crippen LogP contribution in [0.4, 0.5) is 0 Å². The molecule has 0 saturated heterocycles. The van der Waals surface area contributed by atoms with Crippen LogP contribution in [0.2, 0.25) is 0 Å². The molecule has 96 valence electrons. The molecule has 2 atom stereocenters. The summed E-state index contributed by atoms with van der Waals surface area (Å²) in [7, 11) is 0. The molecular formula is C15H20N2S. The Bertz CT molecular complexity index is 504. The Morgan fingerprint density at radius 1 is 1.17 bits per heavy atom. The summed E-state index contributed by atoms with van der Waals surface area (Å²) in [6.07, 6.45) is 1.85. The molecule has 0 radical (unpaired) electrons. The molecule has 0 spiro atoms. The van der Waals surface area contributed by atoms with Gasteiger partial charge in [0.25, 0.3) is 0 Å². The van der Waals surface area contributed by atoms with Gasteiger partial charge in [-0.05, 0) is 51.5 Å². The van der Waals surface area contributed by atoms with Crippen LogP contribution in [0.3, 0.4) is 0 Å². The molecule has 0 aliphatic heterocycles. The second-order valence-corrected chi connectivity index (χ2v) is 6.19. The largest absolute Gasteiger partial charge is 0.302 e. The average Bonchev–Trinajstić information content (AvgIpc) is 2.69. The molecule has 0 aliphatic carbocycles. The van der Waals surface area contributed by atoms with E-state index in [9.17, 15) is 0 Å². The highest BCUT2D eigenvalue weighted by Crippen LogP contribution is 2.27. The van der Waals surface area contributed by atoms with E-state index in [1.54, 1.807) is 0 Å². The van der Waals surface area contributed by atoms with Gasteiger partial charge >= 0.3 is 0 Å². The molecule has 2 nitrogen and oxygen atoms in total. The van der Waals surface area contributed by atoms with Crippen LogP contribution in [-0.4, -0.2) is 4.98 Å². The van der Waals surface area contributed by atoms with Gasteiger partial charge in [0.15, 0.2) is 0 Å². The first-order valence-electron chi connectivity index (χ1n) is 6.32. The van der Waals surface area contributed by atoms with E-state index < -0.39 is 0 Å². The van der Waals surface area contributed by atoms with Gasteiger partial charge in [-0.1, -0.05) is 6.07 Å². The lowest BCUT2D eigenvalue weighted by molar-refractivity contribution is 0.486. The van der Waals surface area contributed by atoms with E-state index in [4.69, 9.17) is 0 Å². The van der Waals surface area contributed by atoms with Crippen molar-refractivity contribution in [3.05, 3.63) is 51.5 Å². The molecule has 3 heteroatoms. The monoisotopic (exact) mass is 260 g/mol.